The number of hydrogen-bond acceptors (Lipinski definition) is 9. The quantitative estimate of drug-likeness (QED) is 0.114. The normalized spacial score (nSPS) is 14.7. The molecule has 0 fully saturated rings. The van der Waals surface area contributed by atoms with Gasteiger partial charge < -0.3 is 29.2 Å². The van der Waals surface area contributed by atoms with Crippen molar-refractivity contribution in [2.45, 2.75) is 24.6 Å². The number of halogens is 6. The van der Waals surface area contributed by atoms with E-state index in [0.29, 0.717) is 0 Å². The predicted octanol–water partition coefficient (Wildman–Crippen LogP) is 1.50. The fourth-order valence-corrected chi connectivity index (χ4v) is 1.77. The largest absolute Gasteiger partial charge is 0.495 e. The van der Waals surface area contributed by atoms with Gasteiger partial charge in [0.05, 0.1) is 58.2 Å². The molecule has 188 valence electrons. The van der Waals surface area contributed by atoms with Gasteiger partial charge in [0.2, 0.25) is 0 Å². The Bertz CT molecular complexity index is 564. The molecule has 0 radical (unpaired) electrons. The zero-order chi connectivity index (χ0) is 24.7. The maximum atomic E-state index is 13.2. The monoisotopic (exact) mass is 485 g/mol. The Labute approximate surface area is 180 Å². The van der Waals surface area contributed by atoms with Crippen LogP contribution in [0.25, 0.3) is 0 Å². The number of aliphatic hydroxyl groups is 2. The van der Waals surface area contributed by atoms with Gasteiger partial charge in [-0.1, -0.05) is 6.08 Å². The first kappa shape index (κ1) is 30.5. The van der Waals surface area contributed by atoms with E-state index in [9.17, 15) is 31.4 Å². The van der Waals surface area contributed by atoms with Crippen LogP contribution in [0.2, 0.25) is 0 Å². The van der Waals surface area contributed by atoms with E-state index in [1.54, 1.807) is 0 Å². The summed E-state index contributed by atoms with van der Waals surface area (Å²) in [6.45, 7) is -1.45. The molecule has 0 saturated carbocycles. The van der Waals surface area contributed by atoms with Gasteiger partial charge >= 0.3 is 18.5 Å². The Balaban J connectivity index is 3.96. The van der Waals surface area contributed by atoms with Crippen molar-refractivity contribution in [2.24, 2.45) is 5.92 Å². The molecule has 0 aromatic rings. The second kappa shape index (κ2) is 15.3. The van der Waals surface area contributed by atoms with Crippen LogP contribution in [0.3, 0.4) is 0 Å². The van der Waals surface area contributed by atoms with Gasteiger partial charge in [0.15, 0.2) is 0 Å². The van der Waals surface area contributed by atoms with Crippen LogP contribution in [0.5, 0.6) is 0 Å². The highest BCUT2D eigenvalue weighted by Crippen LogP contribution is 2.33. The molecule has 9 nitrogen and oxygen atoms in total. The van der Waals surface area contributed by atoms with Crippen LogP contribution in [0, 0.1) is 17.2 Å². The second-order valence-electron chi connectivity index (χ2n) is 6.07. The first-order valence-electron chi connectivity index (χ1n) is 9.00. The molecule has 2 unspecified atom stereocenters. The third kappa shape index (κ3) is 16.2. The predicted molar refractivity (Wildman–Crippen MR) is 92.7 cm³/mol. The lowest BCUT2D eigenvalue weighted by Gasteiger charge is -2.25. The van der Waals surface area contributed by atoms with Gasteiger partial charge in [0.25, 0.3) is 0 Å². The number of hydrogen-bond donors (Lipinski definition) is 2. The van der Waals surface area contributed by atoms with Crippen LogP contribution >= 0.6 is 0 Å². The van der Waals surface area contributed by atoms with E-state index in [-0.39, 0.29) is 39.6 Å². The molecule has 15 heteroatoms. The second-order valence-corrected chi connectivity index (χ2v) is 6.07. The topological polar surface area (TPSA) is 120 Å². The van der Waals surface area contributed by atoms with Crippen molar-refractivity contribution < 1.29 is 65.0 Å². The zero-order valence-electron chi connectivity index (χ0n) is 16.9. The van der Waals surface area contributed by atoms with Crippen molar-refractivity contribution in [3.8, 4) is 6.07 Å². The Morgan fingerprint density at radius 2 is 1.44 bits per heavy atom. The molecular weight excluding hydrogens is 460 g/mol. The summed E-state index contributed by atoms with van der Waals surface area (Å²) in [6.07, 6.45) is -14.5. The maximum absolute atomic E-state index is 13.2. The van der Waals surface area contributed by atoms with Crippen LogP contribution in [0.1, 0.15) is 0 Å². The van der Waals surface area contributed by atoms with E-state index in [1.165, 1.54) is 6.08 Å². The standard InChI is InChI=1S/C17H25F6NO8/c1-2-3-27-7-13(6-24)8-30-10-14(26)9-28-4-5-29-12-16(20,21)32-17(22,23)31-15(18,19)11-25/h2,13-14,25-26H,1,3-5,7-12H2. The minimum atomic E-state index is -5.40. The number of ether oxygens (including phenoxy) is 6. The van der Waals surface area contributed by atoms with Crippen molar-refractivity contribution in [2.75, 3.05) is 59.5 Å². The third-order valence-electron chi connectivity index (χ3n) is 3.04. The van der Waals surface area contributed by atoms with E-state index in [0.717, 1.165) is 0 Å². The van der Waals surface area contributed by atoms with Crippen LogP contribution in [-0.2, 0) is 28.4 Å². The number of alkyl halides is 6. The van der Waals surface area contributed by atoms with Crippen LogP contribution in [0.4, 0.5) is 26.3 Å². The van der Waals surface area contributed by atoms with E-state index in [4.69, 9.17) is 24.6 Å². The summed E-state index contributed by atoms with van der Waals surface area (Å²) in [4.78, 5) is 0. The van der Waals surface area contributed by atoms with Gasteiger partial charge in [-0.25, -0.2) is 9.47 Å². The molecular formula is C17H25F6NO8. The Kier molecular flexibility index (Phi) is 14.6. The highest BCUT2D eigenvalue weighted by Gasteiger charge is 2.52. The summed E-state index contributed by atoms with van der Waals surface area (Å²) < 4.78 is 102. The van der Waals surface area contributed by atoms with Crippen molar-refractivity contribution in [3.05, 3.63) is 12.7 Å². The SMILES string of the molecule is C=CCOCC(C#N)COCC(O)COCCOCC(F)(F)OC(F)(F)OC(F)(F)CO. The average Bonchev–Trinajstić information content (AvgIpc) is 2.67. The van der Waals surface area contributed by atoms with E-state index >= 15 is 0 Å². The first-order valence-corrected chi connectivity index (χ1v) is 9.00. The van der Waals surface area contributed by atoms with Crippen LogP contribution < -0.4 is 0 Å². The summed E-state index contributed by atoms with van der Waals surface area (Å²) in [7, 11) is 0. The molecule has 0 rings (SSSR count). The number of nitrogens with zero attached hydrogens (tertiary/aromatic N) is 1. The van der Waals surface area contributed by atoms with E-state index in [1.807, 2.05) is 6.07 Å². The number of nitriles is 1. The fraction of sp³-hybridized carbons (Fsp3) is 0.824. The van der Waals surface area contributed by atoms with Gasteiger partial charge in [-0.2, -0.15) is 22.8 Å². The molecule has 2 N–H and O–H groups in total. The summed E-state index contributed by atoms with van der Waals surface area (Å²) in [6, 6.07) is 1.95. The van der Waals surface area contributed by atoms with E-state index in [2.05, 4.69) is 20.8 Å². The first-order chi connectivity index (χ1) is 14.9. The molecule has 32 heavy (non-hydrogen) atoms. The molecule has 0 aliphatic carbocycles. The summed E-state index contributed by atoms with van der Waals surface area (Å²) >= 11 is 0. The number of rotatable bonds is 20. The molecule has 0 spiro atoms. The van der Waals surface area contributed by atoms with Crippen molar-refractivity contribution in [1.82, 2.24) is 0 Å². The smallest absolute Gasteiger partial charge is 0.388 e. The maximum Gasteiger partial charge on any atom is 0.495 e. The van der Waals surface area contributed by atoms with Gasteiger partial charge in [0, 0.05) is 0 Å². The highest BCUT2D eigenvalue weighted by atomic mass is 19.3. The van der Waals surface area contributed by atoms with Gasteiger partial charge in [-0.15, -0.1) is 15.4 Å². The van der Waals surface area contributed by atoms with Crippen LogP contribution in [0.15, 0.2) is 12.7 Å². The van der Waals surface area contributed by atoms with Gasteiger partial charge in [-0.3, -0.25) is 0 Å². The molecule has 0 heterocycles. The molecule has 0 amide bonds. The van der Waals surface area contributed by atoms with Gasteiger partial charge in [-0.05, 0) is 0 Å². The molecule has 0 saturated heterocycles. The molecule has 0 aliphatic heterocycles. The average molecular weight is 485 g/mol. The summed E-state index contributed by atoms with van der Waals surface area (Å²) in [5.41, 5.74) is 0. The third-order valence-corrected chi connectivity index (χ3v) is 3.04. The molecule has 0 aromatic carbocycles. The number of aliphatic hydroxyl groups excluding tert-OH is 2. The van der Waals surface area contributed by atoms with Crippen molar-refractivity contribution in [1.29, 1.82) is 5.26 Å². The van der Waals surface area contributed by atoms with Gasteiger partial charge in [0.1, 0.15) is 19.3 Å². The minimum absolute atomic E-state index is 0.0124. The zero-order valence-corrected chi connectivity index (χ0v) is 16.9. The Morgan fingerprint density at radius 1 is 0.875 bits per heavy atom. The lowest BCUT2D eigenvalue weighted by atomic mass is 10.2. The van der Waals surface area contributed by atoms with Crippen LogP contribution in [-0.4, -0.2) is 94.3 Å². The van der Waals surface area contributed by atoms with Crippen molar-refractivity contribution in [3.63, 3.8) is 0 Å². The highest BCUT2D eigenvalue weighted by molar-refractivity contribution is 4.82. The fourth-order valence-electron chi connectivity index (χ4n) is 1.77. The molecule has 2 atom stereocenters. The summed E-state index contributed by atoms with van der Waals surface area (Å²) in [5.74, 6) is -0.562. The Hall–Kier alpha value is -1.51. The Morgan fingerprint density at radius 3 is 2.03 bits per heavy atom. The lowest BCUT2D eigenvalue weighted by Crippen LogP contribution is -2.43. The molecule has 0 aromatic heterocycles. The minimum Gasteiger partial charge on any atom is -0.388 e. The lowest BCUT2D eigenvalue weighted by molar-refractivity contribution is -0.517. The molecule has 0 bridgehead atoms. The van der Waals surface area contributed by atoms with Crippen molar-refractivity contribution >= 4 is 0 Å². The molecule has 0 aliphatic rings. The summed E-state index contributed by atoms with van der Waals surface area (Å²) in [5, 5.41) is 26.7. The van der Waals surface area contributed by atoms with E-state index < -0.39 is 50.4 Å².